The molecule has 0 aliphatic carbocycles. The molecule has 0 bridgehead atoms. The van der Waals surface area contributed by atoms with Crippen LogP contribution in [0.15, 0.2) is 72.8 Å². The lowest BCUT2D eigenvalue weighted by Crippen LogP contribution is -2.17. The molecule has 0 atom stereocenters. The molecule has 1 N–H and O–H groups in total. The highest BCUT2D eigenvalue weighted by Crippen LogP contribution is 2.23. The Morgan fingerprint density at radius 3 is 2.09 bits per heavy atom. The summed E-state index contributed by atoms with van der Waals surface area (Å²) in [5.41, 5.74) is 2.22. The lowest BCUT2D eigenvalue weighted by atomic mass is 10.2. The normalized spacial score (nSPS) is 10.6. The fourth-order valence-corrected chi connectivity index (χ4v) is 3.20. The first-order valence-electron chi connectivity index (χ1n) is 9.86. The van der Waals surface area contributed by atoms with Crippen molar-refractivity contribution >= 4 is 23.5 Å². The van der Waals surface area contributed by atoms with E-state index in [1.165, 1.54) is 4.68 Å². The van der Waals surface area contributed by atoms with Crippen LogP contribution in [0.3, 0.4) is 0 Å². The first-order chi connectivity index (χ1) is 15.6. The van der Waals surface area contributed by atoms with Crippen LogP contribution >= 0.6 is 11.6 Å². The van der Waals surface area contributed by atoms with Gasteiger partial charge < -0.3 is 14.8 Å². The summed E-state index contributed by atoms with van der Waals surface area (Å²) in [6.45, 7) is 0.457. The predicted octanol–water partition coefficient (Wildman–Crippen LogP) is 4.92. The minimum absolute atomic E-state index is 0.314. The van der Waals surface area contributed by atoms with E-state index in [1.54, 1.807) is 38.5 Å². The molecule has 0 saturated carbocycles. The molecule has 0 spiro atoms. The number of hydrogen-bond acceptors (Lipinski definition) is 6. The van der Waals surface area contributed by atoms with Crippen LogP contribution in [0.1, 0.15) is 15.9 Å². The average molecular weight is 449 g/mol. The third-order valence-corrected chi connectivity index (χ3v) is 5.10. The third-order valence-electron chi connectivity index (χ3n) is 4.85. The van der Waals surface area contributed by atoms with Crippen LogP contribution < -0.4 is 14.8 Å². The van der Waals surface area contributed by atoms with Crippen LogP contribution in [0.25, 0.3) is 11.4 Å². The van der Waals surface area contributed by atoms with Crippen LogP contribution in [0.5, 0.6) is 11.5 Å². The van der Waals surface area contributed by atoms with E-state index in [-0.39, 0.29) is 5.91 Å². The molecule has 162 valence electrons. The number of carbonyl (C=O) groups excluding carboxylic acids is 1. The summed E-state index contributed by atoms with van der Waals surface area (Å²) in [7, 11) is 3.23. The van der Waals surface area contributed by atoms with E-state index in [0.29, 0.717) is 28.9 Å². The smallest absolute Gasteiger partial charge is 0.281 e. The van der Waals surface area contributed by atoms with E-state index in [4.69, 9.17) is 21.1 Å². The summed E-state index contributed by atoms with van der Waals surface area (Å²) < 4.78 is 11.7. The van der Waals surface area contributed by atoms with Crippen molar-refractivity contribution in [2.24, 2.45) is 0 Å². The van der Waals surface area contributed by atoms with Crippen molar-refractivity contribution in [1.29, 1.82) is 0 Å². The Kier molecular flexibility index (Phi) is 6.37. The summed E-state index contributed by atoms with van der Waals surface area (Å²) in [4.78, 5) is 17.7. The zero-order valence-electron chi connectivity index (χ0n) is 17.6. The van der Waals surface area contributed by atoms with Crippen molar-refractivity contribution in [2.45, 2.75) is 6.54 Å². The Morgan fingerprint density at radius 2 is 1.50 bits per heavy atom. The third kappa shape index (κ3) is 4.73. The molecule has 1 aromatic heterocycles. The van der Waals surface area contributed by atoms with Crippen LogP contribution in [-0.4, -0.2) is 34.9 Å². The van der Waals surface area contributed by atoms with Crippen molar-refractivity contribution in [3.63, 3.8) is 0 Å². The van der Waals surface area contributed by atoms with Crippen molar-refractivity contribution in [1.82, 2.24) is 14.8 Å². The first-order valence-corrected chi connectivity index (χ1v) is 10.2. The number of ether oxygens (including phenoxy) is 2. The molecule has 32 heavy (non-hydrogen) atoms. The van der Waals surface area contributed by atoms with Gasteiger partial charge >= 0.3 is 0 Å². The van der Waals surface area contributed by atoms with E-state index in [2.05, 4.69) is 15.4 Å². The maximum absolute atomic E-state index is 13.2. The van der Waals surface area contributed by atoms with E-state index >= 15 is 0 Å². The predicted molar refractivity (Wildman–Crippen MR) is 124 cm³/mol. The van der Waals surface area contributed by atoms with E-state index in [1.807, 2.05) is 48.5 Å². The SMILES string of the molecule is COc1ccc(CNc2nc(-c3ccc(OC)cc3)nn2C(=O)c2ccc(Cl)cc2)cc1. The first kappa shape index (κ1) is 21.4. The zero-order valence-corrected chi connectivity index (χ0v) is 18.3. The monoisotopic (exact) mass is 448 g/mol. The maximum atomic E-state index is 13.2. The minimum atomic E-state index is -0.314. The molecule has 0 fully saturated rings. The van der Waals surface area contributed by atoms with Gasteiger partial charge in [-0.15, -0.1) is 5.10 Å². The second-order valence-electron chi connectivity index (χ2n) is 6.91. The molecule has 0 radical (unpaired) electrons. The minimum Gasteiger partial charge on any atom is -0.497 e. The van der Waals surface area contributed by atoms with Crippen LogP contribution in [0.2, 0.25) is 5.02 Å². The molecular formula is C24H21ClN4O3. The van der Waals surface area contributed by atoms with Gasteiger partial charge in [0.1, 0.15) is 11.5 Å². The van der Waals surface area contributed by atoms with Crippen LogP contribution in [-0.2, 0) is 6.54 Å². The number of methoxy groups -OCH3 is 2. The Balaban J connectivity index is 1.65. The standard InChI is InChI=1S/C24H21ClN4O3/c1-31-20-11-3-16(4-12-20)15-26-24-27-22(17-7-13-21(32-2)14-8-17)28-29(24)23(30)18-5-9-19(25)10-6-18/h3-14H,15H2,1-2H3,(H,26,27,28). The van der Waals surface area contributed by atoms with Gasteiger partial charge in [0.2, 0.25) is 5.95 Å². The molecule has 0 aliphatic rings. The molecule has 0 aliphatic heterocycles. The Hall–Kier alpha value is -3.84. The molecule has 1 heterocycles. The van der Waals surface area contributed by atoms with Crippen molar-refractivity contribution in [3.05, 3.63) is 88.9 Å². The lowest BCUT2D eigenvalue weighted by Gasteiger charge is -2.08. The number of nitrogens with one attached hydrogen (secondary N) is 1. The van der Waals surface area contributed by atoms with Gasteiger partial charge in [-0.2, -0.15) is 9.67 Å². The van der Waals surface area contributed by atoms with Crippen molar-refractivity contribution in [2.75, 3.05) is 19.5 Å². The van der Waals surface area contributed by atoms with Crippen molar-refractivity contribution in [3.8, 4) is 22.9 Å². The largest absolute Gasteiger partial charge is 0.497 e. The lowest BCUT2D eigenvalue weighted by molar-refractivity contribution is 0.0947. The number of nitrogens with zero attached hydrogens (tertiary/aromatic N) is 3. The number of anilines is 1. The molecule has 0 unspecified atom stereocenters. The molecule has 8 heteroatoms. The van der Waals surface area contributed by atoms with E-state index in [0.717, 1.165) is 22.6 Å². The van der Waals surface area contributed by atoms with Crippen LogP contribution in [0, 0.1) is 0 Å². The molecule has 3 aromatic carbocycles. The van der Waals surface area contributed by atoms with Gasteiger partial charge in [0, 0.05) is 22.7 Å². The number of carbonyl (C=O) groups is 1. The summed E-state index contributed by atoms with van der Waals surface area (Å²) in [5, 5.41) is 8.25. The highest BCUT2D eigenvalue weighted by Gasteiger charge is 2.19. The fourth-order valence-electron chi connectivity index (χ4n) is 3.07. The Morgan fingerprint density at radius 1 is 0.906 bits per heavy atom. The number of rotatable bonds is 7. The van der Waals surface area contributed by atoms with Gasteiger partial charge in [0.25, 0.3) is 5.91 Å². The molecule has 4 rings (SSSR count). The van der Waals surface area contributed by atoms with E-state index < -0.39 is 0 Å². The van der Waals surface area contributed by atoms with E-state index in [9.17, 15) is 4.79 Å². The van der Waals surface area contributed by atoms with Gasteiger partial charge in [0.15, 0.2) is 5.82 Å². The van der Waals surface area contributed by atoms with Gasteiger partial charge in [-0.3, -0.25) is 4.79 Å². The van der Waals surface area contributed by atoms with Crippen molar-refractivity contribution < 1.29 is 14.3 Å². The van der Waals surface area contributed by atoms with Gasteiger partial charge in [-0.1, -0.05) is 23.7 Å². The zero-order chi connectivity index (χ0) is 22.5. The van der Waals surface area contributed by atoms with Gasteiger partial charge in [0.05, 0.1) is 14.2 Å². The summed E-state index contributed by atoms with van der Waals surface area (Å²) in [6.07, 6.45) is 0. The Labute approximate surface area is 190 Å². The highest BCUT2D eigenvalue weighted by molar-refractivity contribution is 6.30. The highest BCUT2D eigenvalue weighted by atomic mass is 35.5. The van der Waals surface area contributed by atoms with Gasteiger partial charge in [-0.25, -0.2) is 0 Å². The number of hydrogen-bond donors (Lipinski definition) is 1. The molecular weight excluding hydrogens is 428 g/mol. The number of aromatic nitrogens is 3. The summed E-state index contributed by atoms with van der Waals surface area (Å²) in [6, 6.07) is 21.6. The second kappa shape index (κ2) is 9.53. The molecule has 4 aromatic rings. The molecule has 7 nitrogen and oxygen atoms in total. The summed E-state index contributed by atoms with van der Waals surface area (Å²) in [5.74, 6) is 1.95. The quantitative estimate of drug-likeness (QED) is 0.432. The summed E-state index contributed by atoms with van der Waals surface area (Å²) >= 11 is 5.96. The second-order valence-corrected chi connectivity index (χ2v) is 7.35. The number of benzene rings is 3. The molecule has 0 amide bonds. The topological polar surface area (TPSA) is 78.3 Å². The van der Waals surface area contributed by atoms with Gasteiger partial charge in [-0.05, 0) is 66.2 Å². The molecule has 0 saturated heterocycles. The fraction of sp³-hybridized carbons (Fsp3) is 0.125. The average Bonchev–Trinajstić information content (AvgIpc) is 3.27. The number of halogens is 1. The maximum Gasteiger partial charge on any atom is 0.281 e. The van der Waals surface area contributed by atoms with Crippen LogP contribution in [0.4, 0.5) is 5.95 Å². The Bertz CT molecular complexity index is 1200.